The summed E-state index contributed by atoms with van der Waals surface area (Å²) in [6.07, 6.45) is 9.69. The highest BCUT2D eigenvalue weighted by Crippen LogP contribution is 2.25. The molecule has 1 N–H and O–H groups in total. The van der Waals surface area contributed by atoms with E-state index >= 15 is 0 Å². The van der Waals surface area contributed by atoms with Crippen molar-refractivity contribution in [3.63, 3.8) is 0 Å². The Morgan fingerprint density at radius 2 is 1.98 bits per heavy atom. The van der Waals surface area contributed by atoms with Crippen LogP contribution in [0.4, 0.5) is 0 Å². The van der Waals surface area contributed by atoms with Crippen LogP contribution < -0.4 is 5.32 Å². The molecule has 40 heavy (non-hydrogen) atoms. The summed E-state index contributed by atoms with van der Waals surface area (Å²) >= 11 is 1.62. The van der Waals surface area contributed by atoms with Crippen molar-refractivity contribution >= 4 is 29.5 Å². The van der Waals surface area contributed by atoms with Crippen LogP contribution in [0.3, 0.4) is 0 Å². The zero-order valence-corrected chi connectivity index (χ0v) is 24.1. The van der Waals surface area contributed by atoms with Crippen molar-refractivity contribution in [2.75, 3.05) is 38.8 Å². The molecular weight excluding hydrogens is 528 g/mol. The van der Waals surface area contributed by atoms with Gasteiger partial charge < -0.3 is 19.5 Å². The van der Waals surface area contributed by atoms with E-state index < -0.39 is 12.0 Å². The summed E-state index contributed by atoms with van der Waals surface area (Å²) in [7, 11) is 1.34. The van der Waals surface area contributed by atoms with E-state index in [1.165, 1.54) is 7.11 Å². The van der Waals surface area contributed by atoms with E-state index in [1.807, 2.05) is 27.9 Å². The van der Waals surface area contributed by atoms with E-state index in [2.05, 4.69) is 21.3 Å². The van der Waals surface area contributed by atoms with Crippen molar-refractivity contribution in [3.05, 3.63) is 53.6 Å². The van der Waals surface area contributed by atoms with Crippen molar-refractivity contribution in [2.45, 2.75) is 63.2 Å². The molecule has 2 saturated heterocycles. The van der Waals surface area contributed by atoms with Gasteiger partial charge in [0.05, 0.1) is 37.5 Å². The molecule has 2 aliphatic rings. The predicted octanol–water partition coefficient (Wildman–Crippen LogP) is 2.21. The zero-order chi connectivity index (χ0) is 28.5. The molecule has 214 valence electrons. The first-order valence-corrected chi connectivity index (χ1v) is 15.2. The number of likely N-dealkylation sites (tertiary alicyclic amines) is 2. The first kappa shape index (κ1) is 29.6. The maximum Gasteiger partial charge on any atom is 0.328 e. The number of benzene rings is 1. The zero-order valence-electron chi connectivity index (χ0n) is 23.3. The number of amides is 2. The van der Waals surface area contributed by atoms with Crippen LogP contribution in [0.2, 0.25) is 0 Å². The molecule has 0 unspecified atom stereocenters. The molecular formula is C29H38N6O4S. The quantitative estimate of drug-likeness (QED) is 0.389. The number of ether oxygens (including phenoxy) is 1. The van der Waals surface area contributed by atoms with Gasteiger partial charge in [0.1, 0.15) is 6.04 Å². The number of hydrogen-bond acceptors (Lipinski definition) is 8. The molecule has 2 amide bonds. The van der Waals surface area contributed by atoms with Gasteiger partial charge in [-0.05, 0) is 68.4 Å². The average molecular weight is 567 g/mol. The monoisotopic (exact) mass is 566 g/mol. The average Bonchev–Trinajstić information content (AvgIpc) is 3.73. The molecule has 0 saturated carbocycles. The highest BCUT2D eigenvalue weighted by atomic mass is 32.2. The summed E-state index contributed by atoms with van der Waals surface area (Å²) in [6.45, 7) is 2.71. The maximum absolute atomic E-state index is 13.5. The number of methoxy groups -OCH3 is 1. The Kier molecular flexibility index (Phi) is 10.6. The van der Waals surface area contributed by atoms with Crippen molar-refractivity contribution in [2.24, 2.45) is 0 Å². The molecule has 3 atom stereocenters. The molecule has 0 radical (unpaired) electrons. The highest BCUT2D eigenvalue weighted by Gasteiger charge is 2.37. The van der Waals surface area contributed by atoms with Crippen LogP contribution >= 0.6 is 11.8 Å². The van der Waals surface area contributed by atoms with Crippen LogP contribution in [0.5, 0.6) is 0 Å². The number of thioether (sulfide) groups is 1. The Hall–Kier alpha value is -3.36. The summed E-state index contributed by atoms with van der Waals surface area (Å²) in [4.78, 5) is 47.3. The van der Waals surface area contributed by atoms with Gasteiger partial charge in [0.2, 0.25) is 11.8 Å². The van der Waals surface area contributed by atoms with Crippen LogP contribution in [0, 0.1) is 11.3 Å². The van der Waals surface area contributed by atoms with Crippen molar-refractivity contribution in [3.8, 4) is 6.07 Å². The molecule has 4 rings (SSSR count). The number of rotatable bonds is 12. The minimum Gasteiger partial charge on any atom is -0.467 e. The second-order valence-electron chi connectivity index (χ2n) is 10.4. The van der Waals surface area contributed by atoms with Gasteiger partial charge in [-0.2, -0.15) is 17.0 Å². The molecule has 0 aliphatic carbocycles. The fourth-order valence-electron chi connectivity index (χ4n) is 5.64. The summed E-state index contributed by atoms with van der Waals surface area (Å²) in [5, 5.41) is 12.0. The second kappa shape index (κ2) is 14.3. The van der Waals surface area contributed by atoms with E-state index in [9.17, 15) is 14.4 Å². The lowest BCUT2D eigenvalue weighted by Gasteiger charge is -2.32. The van der Waals surface area contributed by atoms with Gasteiger partial charge in [-0.25, -0.2) is 9.78 Å². The Morgan fingerprint density at radius 3 is 2.70 bits per heavy atom. The number of nitriles is 1. The van der Waals surface area contributed by atoms with Crippen molar-refractivity contribution in [1.82, 2.24) is 24.7 Å². The standard InChI is InChI=1S/C29H38N6O4S/c1-39-29(38)25(11-14-40-2)32-28(37)26-6-4-12-33(26)19-23-5-3-13-35(23)27(36)15-24-17-31-20-34(24)18-22-9-7-21(16-30)8-10-22/h7-10,17,20,23,25-26H,3-6,11-15,18-19H2,1-2H3,(H,32,37)/t23-,25-,26-/m0/s1. The van der Waals surface area contributed by atoms with E-state index in [0.717, 1.165) is 49.2 Å². The number of carbonyl (C=O) groups is 3. The van der Waals surface area contributed by atoms with Gasteiger partial charge in [0.25, 0.3) is 0 Å². The van der Waals surface area contributed by atoms with Gasteiger partial charge in [0.15, 0.2) is 0 Å². The lowest BCUT2D eigenvalue weighted by Crippen LogP contribution is -2.52. The molecule has 2 aliphatic heterocycles. The van der Waals surface area contributed by atoms with Crippen LogP contribution in [0.1, 0.15) is 48.9 Å². The number of carbonyl (C=O) groups excluding carboxylic acids is 3. The van der Waals surface area contributed by atoms with Crippen LogP contribution in [-0.2, 0) is 32.1 Å². The minimum absolute atomic E-state index is 0.0451. The van der Waals surface area contributed by atoms with Crippen LogP contribution in [-0.4, -0.2) is 94.0 Å². The fraction of sp³-hybridized carbons (Fsp3) is 0.552. The third-order valence-corrected chi connectivity index (χ3v) is 8.43. The Morgan fingerprint density at radius 1 is 1.20 bits per heavy atom. The molecule has 11 heteroatoms. The van der Waals surface area contributed by atoms with E-state index in [-0.39, 0.29) is 30.3 Å². The van der Waals surface area contributed by atoms with E-state index in [4.69, 9.17) is 10.00 Å². The second-order valence-corrected chi connectivity index (χ2v) is 11.4. The van der Waals surface area contributed by atoms with Gasteiger partial charge in [-0.3, -0.25) is 14.5 Å². The van der Waals surface area contributed by atoms with E-state index in [0.29, 0.717) is 31.6 Å². The molecule has 2 fully saturated rings. The largest absolute Gasteiger partial charge is 0.467 e. The van der Waals surface area contributed by atoms with Gasteiger partial charge >= 0.3 is 5.97 Å². The smallest absolute Gasteiger partial charge is 0.328 e. The molecule has 1 aromatic heterocycles. The third kappa shape index (κ3) is 7.43. The summed E-state index contributed by atoms with van der Waals surface area (Å²) in [5.41, 5.74) is 2.49. The summed E-state index contributed by atoms with van der Waals surface area (Å²) in [5.74, 6) is 0.251. The third-order valence-electron chi connectivity index (χ3n) is 7.79. The molecule has 0 bridgehead atoms. The lowest BCUT2D eigenvalue weighted by molar-refractivity contribution is -0.145. The predicted molar refractivity (Wildman–Crippen MR) is 152 cm³/mol. The van der Waals surface area contributed by atoms with Gasteiger partial charge in [-0.1, -0.05) is 12.1 Å². The Labute approximate surface area is 240 Å². The lowest BCUT2D eigenvalue weighted by atomic mass is 10.1. The van der Waals surface area contributed by atoms with Crippen molar-refractivity contribution < 1.29 is 19.1 Å². The first-order valence-electron chi connectivity index (χ1n) is 13.8. The number of aromatic nitrogens is 2. The van der Waals surface area contributed by atoms with Crippen LogP contribution in [0.15, 0.2) is 36.8 Å². The van der Waals surface area contributed by atoms with Crippen LogP contribution in [0.25, 0.3) is 0 Å². The van der Waals surface area contributed by atoms with Crippen molar-refractivity contribution in [1.29, 1.82) is 5.26 Å². The number of imidazole rings is 1. The molecule has 0 spiro atoms. The molecule has 2 aromatic rings. The first-order chi connectivity index (χ1) is 19.4. The Balaban J connectivity index is 1.35. The molecule has 3 heterocycles. The number of esters is 1. The maximum atomic E-state index is 13.5. The summed E-state index contributed by atoms with van der Waals surface area (Å²) in [6, 6.07) is 8.62. The number of hydrogen-bond donors (Lipinski definition) is 1. The summed E-state index contributed by atoms with van der Waals surface area (Å²) < 4.78 is 6.88. The molecule has 10 nitrogen and oxygen atoms in total. The number of nitrogens with zero attached hydrogens (tertiary/aromatic N) is 5. The van der Waals surface area contributed by atoms with E-state index in [1.54, 1.807) is 36.4 Å². The Bertz CT molecular complexity index is 1210. The fourth-order valence-corrected chi connectivity index (χ4v) is 6.11. The van der Waals surface area contributed by atoms with Gasteiger partial charge in [-0.15, -0.1) is 0 Å². The molecule has 1 aromatic carbocycles. The topological polar surface area (TPSA) is 121 Å². The SMILES string of the molecule is COC(=O)[C@H](CCSC)NC(=O)[C@@H]1CCCN1C[C@@H]1CCCN1C(=O)Cc1cncn1Cc1ccc(C#N)cc1. The van der Waals surface area contributed by atoms with Gasteiger partial charge in [0, 0.05) is 37.6 Å². The minimum atomic E-state index is -0.647. The highest BCUT2D eigenvalue weighted by molar-refractivity contribution is 7.98. The number of nitrogens with one attached hydrogen (secondary N) is 1. The normalized spacial score (nSPS) is 19.8.